The van der Waals surface area contributed by atoms with Crippen molar-refractivity contribution >= 4 is 35.0 Å². The Morgan fingerprint density at radius 2 is 1.72 bits per heavy atom. The summed E-state index contributed by atoms with van der Waals surface area (Å²) >= 11 is 6.02. The van der Waals surface area contributed by atoms with E-state index in [0.29, 0.717) is 29.0 Å². The van der Waals surface area contributed by atoms with Crippen molar-refractivity contribution < 1.29 is 23.5 Å². The summed E-state index contributed by atoms with van der Waals surface area (Å²) in [6.07, 6.45) is 0. The topological polar surface area (TPSA) is 75.7 Å². The van der Waals surface area contributed by atoms with Crippen molar-refractivity contribution in [2.45, 2.75) is 13.5 Å². The molecule has 0 bridgehead atoms. The van der Waals surface area contributed by atoms with Crippen molar-refractivity contribution in [3.63, 3.8) is 0 Å². The Hall–Kier alpha value is -3.71. The van der Waals surface area contributed by atoms with Gasteiger partial charge in [-0.3, -0.25) is 19.3 Å². The molecule has 0 aliphatic carbocycles. The molecule has 1 aliphatic heterocycles. The second-order valence-corrected chi connectivity index (χ2v) is 7.49. The van der Waals surface area contributed by atoms with Crippen LogP contribution in [0.15, 0.2) is 60.7 Å². The Balaban J connectivity index is 1.61. The third-order valence-electron chi connectivity index (χ3n) is 4.99. The molecule has 1 N–H and O–H groups in total. The Morgan fingerprint density at radius 1 is 1.03 bits per heavy atom. The summed E-state index contributed by atoms with van der Waals surface area (Å²) in [5, 5.41) is 2.69. The lowest BCUT2D eigenvalue weighted by Crippen LogP contribution is -2.29. The van der Waals surface area contributed by atoms with Gasteiger partial charge in [0.2, 0.25) is 0 Å². The smallest absolute Gasteiger partial charge is 0.261 e. The standard InChI is InChI=1S/C24H18ClFN2O4/c1-2-32-21-10-7-14(13-28-23(30)16-5-3-4-6-17(16)24(28)31)11-18(21)22(29)27-20-9-8-15(26)12-19(20)25/h3-12H,2,13H2,1H3,(H,27,29). The first-order chi connectivity index (χ1) is 15.4. The molecular formula is C24H18ClFN2O4. The Labute approximate surface area is 188 Å². The summed E-state index contributed by atoms with van der Waals surface area (Å²) in [6.45, 7) is 2.11. The minimum atomic E-state index is -0.522. The van der Waals surface area contributed by atoms with Gasteiger partial charge in [-0.15, -0.1) is 0 Å². The molecule has 0 aromatic heterocycles. The predicted molar refractivity (Wildman–Crippen MR) is 118 cm³/mol. The highest BCUT2D eigenvalue weighted by Crippen LogP contribution is 2.28. The predicted octanol–water partition coefficient (Wildman–Crippen LogP) is 4.93. The van der Waals surface area contributed by atoms with E-state index >= 15 is 0 Å². The van der Waals surface area contributed by atoms with Crippen LogP contribution >= 0.6 is 11.6 Å². The summed E-state index contributed by atoms with van der Waals surface area (Å²) in [4.78, 5) is 39.4. The molecule has 8 heteroatoms. The van der Waals surface area contributed by atoms with E-state index in [-0.39, 0.29) is 34.6 Å². The molecular weight excluding hydrogens is 435 g/mol. The first kappa shape index (κ1) is 21.5. The van der Waals surface area contributed by atoms with Gasteiger partial charge in [-0.1, -0.05) is 29.8 Å². The molecule has 1 aliphatic rings. The van der Waals surface area contributed by atoms with Gasteiger partial charge >= 0.3 is 0 Å². The molecule has 3 amide bonds. The minimum absolute atomic E-state index is 0.00363. The van der Waals surface area contributed by atoms with Crippen LogP contribution in [0.3, 0.4) is 0 Å². The van der Waals surface area contributed by atoms with Gasteiger partial charge in [0.05, 0.1) is 40.6 Å². The van der Waals surface area contributed by atoms with Crippen molar-refractivity contribution in [3.8, 4) is 5.75 Å². The van der Waals surface area contributed by atoms with Gasteiger partial charge in [0, 0.05) is 0 Å². The Morgan fingerprint density at radius 3 is 2.34 bits per heavy atom. The highest BCUT2D eigenvalue weighted by atomic mass is 35.5. The number of carbonyl (C=O) groups is 3. The summed E-state index contributed by atoms with van der Waals surface area (Å²) in [5.41, 5.74) is 1.71. The van der Waals surface area contributed by atoms with E-state index in [9.17, 15) is 18.8 Å². The van der Waals surface area contributed by atoms with E-state index in [0.717, 1.165) is 11.0 Å². The number of hydrogen-bond acceptors (Lipinski definition) is 4. The van der Waals surface area contributed by atoms with Gasteiger partial charge in [-0.2, -0.15) is 0 Å². The average Bonchev–Trinajstić information content (AvgIpc) is 3.02. The molecule has 0 saturated carbocycles. The lowest BCUT2D eigenvalue weighted by Gasteiger charge is -2.17. The van der Waals surface area contributed by atoms with Crippen LogP contribution in [-0.2, 0) is 6.54 Å². The molecule has 0 spiro atoms. The quantitative estimate of drug-likeness (QED) is 0.538. The molecule has 0 fully saturated rings. The van der Waals surface area contributed by atoms with Crippen molar-refractivity contribution in [2.75, 3.05) is 11.9 Å². The number of carbonyl (C=O) groups excluding carboxylic acids is 3. The second kappa shape index (κ2) is 8.80. The van der Waals surface area contributed by atoms with Crippen LogP contribution in [0, 0.1) is 5.82 Å². The van der Waals surface area contributed by atoms with E-state index in [2.05, 4.69) is 5.32 Å². The van der Waals surface area contributed by atoms with Gasteiger partial charge in [0.1, 0.15) is 11.6 Å². The second-order valence-electron chi connectivity index (χ2n) is 7.08. The number of anilines is 1. The molecule has 3 aromatic carbocycles. The van der Waals surface area contributed by atoms with Crippen LogP contribution in [0.1, 0.15) is 43.6 Å². The highest BCUT2D eigenvalue weighted by Gasteiger charge is 2.35. The van der Waals surface area contributed by atoms with E-state index in [1.807, 2.05) is 0 Å². The number of amides is 3. The van der Waals surface area contributed by atoms with Crippen molar-refractivity contribution in [2.24, 2.45) is 0 Å². The van der Waals surface area contributed by atoms with Gasteiger partial charge < -0.3 is 10.1 Å². The summed E-state index contributed by atoms with van der Waals surface area (Å²) in [7, 11) is 0. The van der Waals surface area contributed by atoms with E-state index in [1.54, 1.807) is 49.4 Å². The molecule has 1 heterocycles. The van der Waals surface area contributed by atoms with Crippen LogP contribution in [0.25, 0.3) is 0 Å². The maximum atomic E-state index is 13.3. The first-order valence-corrected chi connectivity index (χ1v) is 10.2. The van der Waals surface area contributed by atoms with Gasteiger partial charge in [0.15, 0.2) is 0 Å². The Kier molecular flexibility index (Phi) is 5.92. The van der Waals surface area contributed by atoms with Crippen LogP contribution in [-0.4, -0.2) is 29.2 Å². The summed E-state index contributed by atoms with van der Waals surface area (Å²) < 4.78 is 18.9. The number of halogens is 2. The molecule has 0 radical (unpaired) electrons. The van der Waals surface area contributed by atoms with Crippen molar-refractivity contribution in [1.29, 1.82) is 0 Å². The molecule has 162 valence electrons. The fraction of sp³-hybridized carbons (Fsp3) is 0.125. The largest absolute Gasteiger partial charge is 0.493 e. The molecule has 0 atom stereocenters. The zero-order valence-electron chi connectivity index (χ0n) is 17.0. The highest BCUT2D eigenvalue weighted by molar-refractivity contribution is 6.34. The number of hydrogen-bond donors (Lipinski definition) is 1. The number of nitrogens with zero attached hydrogens (tertiary/aromatic N) is 1. The fourth-order valence-electron chi connectivity index (χ4n) is 3.48. The fourth-order valence-corrected chi connectivity index (χ4v) is 3.69. The summed E-state index contributed by atoms with van der Waals surface area (Å²) in [5.74, 6) is -1.49. The molecule has 6 nitrogen and oxygen atoms in total. The lowest BCUT2D eigenvalue weighted by atomic mass is 10.1. The number of imide groups is 1. The molecule has 4 rings (SSSR count). The van der Waals surface area contributed by atoms with Gasteiger partial charge in [-0.25, -0.2) is 4.39 Å². The molecule has 0 saturated heterocycles. The summed E-state index contributed by atoms with van der Waals surface area (Å²) in [6, 6.07) is 15.1. The average molecular weight is 453 g/mol. The van der Waals surface area contributed by atoms with E-state index in [1.165, 1.54) is 12.1 Å². The van der Waals surface area contributed by atoms with Crippen LogP contribution in [0.5, 0.6) is 5.75 Å². The van der Waals surface area contributed by atoms with Gasteiger partial charge in [-0.05, 0) is 55.0 Å². The third kappa shape index (κ3) is 4.07. The zero-order valence-corrected chi connectivity index (χ0v) is 17.8. The number of nitrogens with one attached hydrogen (secondary N) is 1. The zero-order chi connectivity index (χ0) is 22.8. The maximum Gasteiger partial charge on any atom is 0.261 e. The number of fused-ring (bicyclic) bond motifs is 1. The normalized spacial score (nSPS) is 12.7. The molecule has 3 aromatic rings. The SMILES string of the molecule is CCOc1ccc(CN2C(=O)c3ccccc3C2=O)cc1C(=O)Nc1ccc(F)cc1Cl. The Bertz CT molecular complexity index is 1210. The molecule has 0 unspecified atom stereocenters. The van der Waals surface area contributed by atoms with Crippen molar-refractivity contribution in [3.05, 3.63) is 93.8 Å². The monoisotopic (exact) mass is 452 g/mol. The van der Waals surface area contributed by atoms with Crippen LogP contribution in [0.4, 0.5) is 10.1 Å². The van der Waals surface area contributed by atoms with E-state index < -0.39 is 11.7 Å². The lowest BCUT2D eigenvalue weighted by molar-refractivity contribution is 0.0642. The maximum absolute atomic E-state index is 13.3. The number of ether oxygens (including phenoxy) is 1. The van der Waals surface area contributed by atoms with Crippen molar-refractivity contribution in [1.82, 2.24) is 4.90 Å². The van der Waals surface area contributed by atoms with Crippen LogP contribution in [0.2, 0.25) is 5.02 Å². The van der Waals surface area contributed by atoms with Gasteiger partial charge in [0.25, 0.3) is 17.7 Å². The minimum Gasteiger partial charge on any atom is -0.493 e. The number of rotatable bonds is 6. The van der Waals surface area contributed by atoms with E-state index in [4.69, 9.17) is 16.3 Å². The molecule has 32 heavy (non-hydrogen) atoms. The first-order valence-electron chi connectivity index (χ1n) is 9.86. The third-order valence-corrected chi connectivity index (χ3v) is 5.30. The number of benzene rings is 3. The van der Waals surface area contributed by atoms with Crippen LogP contribution < -0.4 is 10.1 Å².